The van der Waals surface area contributed by atoms with Gasteiger partial charge < -0.3 is 14.2 Å². The molecule has 0 bridgehead atoms. The van der Waals surface area contributed by atoms with Crippen LogP contribution in [-0.4, -0.2) is 24.3 Å². The summed E-state index contributed by atoms with van der Waals surface area (Å²) >= 11 is 1.38. The molecule has 0 unspecified atom stereocenters. The van der Waals surface area contributed by atoms with E-state index in [2.05, 4.69) is 17.2 Å². The molecule has 0 aliphatic carbocycles. The van der Waals surface area contributed by atoms with E-state index < -0.39 is 0 Å². The van der Waals surface area contributed by atoms with Crippen LogP contribution in [0.2, 0.25) is 0 Å². The standard InChI is InChI=1S/C22H20N2O4S/c1-2-11-26-17-7-5-16(6-8-17)18-13-29-22(23-18)24-21(25)10-4-15-3-9-19-20(12-15)28-14-27-19/h3-10,12-13H,2,11,14H2,1H3,(H,23,24,25)/b10-4+. The zero-order valence-corrected chi connectivity index (χ0v) is 16.7. The lowest BCUT2D eigenvalue weighted by Gasteiger charge is -2.04. The molecule has 0 radical (unpaired) electrons. The fourth-order valence-electron chi connectivity index (χ4n) is 2.74. The van der Waals surface area contributed by atoms with Gasteiger partial charge in [-0.15, -0.1) is 11.3 Å². The highest BCUT2D eigenvalue weighted by Gasteiger charge is 2.12. The predicted octanol–water partition coefficient (Wildman–Crippen LogP) is 4.98. The van der Waals surface area contributed by atoms with Gasteiger partial charge in [0.25, 0.3) is 0 Å². The van der Waals surface area contributed by atoms with Gasteiger partial charge in [0.1, 0.15) is 5.75 Å². The summed E-state index contributed by atoms with van der Waals surface area (Å²) in [5.41, 5.74) is 2.64. The Bertz CT molecular complexity index is 1030. The zero-order valence-electron chi connectivity index (χ0n) is 15.9. The first-order chi connectivity index (χ1) is 14.2. The van der Waals surface area contributed by atoms with Crippen molar-refractivity contribution >= 4 is 28.5 Å². The third-order valence-corrected chi connectivity index (χ3v) is 4.94. The highest BCUT2D eigenvalue weighted by molar-refractivity contribution is 7.14. The maximum absolute atomic E-state index is 12.2. The van der Waals surface area contributed by atoms with Crippen LogP contribution in [0.3, 0.4) is 0 Å². The van der Waals surface area contributed by atoms with Crippen molar-refractivity contribution in [2.24, 2.45) is 0 Å². The lowest BCUT2D eigenvalue weighted by molar-refractivity contribution is -0.111. The molecule has 2 heterocycles. The quantitative estimate of drug-likeness (QED) is 0.559. The minimum absolute atomic E-state index is 0.226. The molecular weight excluding hydrogens is 388 g/mol. The van der Waals surface area contributed by atoms with Crippen LogP contribution in [0.25, 0.3) is 17.3 Å². The molecule has 29 heavy (non-hydrogen) atoms. The largest absolute Gasteiger partial charge is 0.494 e. The lowest BCUT2D eigenvalue weighted by Crippen LogP contribution is -2.07. The van der Waals surface area contributed by atoms with Gasteiger partial charge in [-0.05, 0) is 54.5 Å². The molecule has 0 saturated heterocycles. The molecule has 1 aromatic heterocycles. The highest BCUT2D eigenvalue weighted by atomic mass is 32.1. The average Bonchev–Trinajstić information content (AvgIpc) is 3.40. The number of nitrogens with one attached hydrogen (secondary N) is 1. The molecule has 0 saturated carbocycles. The molecule has 148 valence electrons. The molecule has 1 aliphatic heterocycles. The predicted molar refractivity (Wildman–Crippen MR) is 114 cm³/mol. The Morgan fingerprint density at radius 3 is 2.86 bits per heavy atom. The van der Waals surface area contributed by atoms with Crippen LogP contribution in [0, 0.1) is 0 Å². The fourth-order valence-corrected chi connectivity index (χ4v) is 3.46. The van der Waals surface area contributed by atoms with Crippen molar-refractivity contribution in [3.63, 3.8) is 0 Å². The second kappa shape index (κ2) is 8.79. The van der Waals surface area contributed by atoms with Crippen LogP contribution >= 0.6 is 11.3 Å². The number of hydrogen-bond donors (Lipinski definition) is 1. The number of anilines is 1. The summed E-state index contributed by atoms with van der Waals surface area (Å²) in [5, 5.41) is 5.26. The lowest BCUT2D eigenvalue weighted by atomic mass is 10.2. The monoisotopic (exact) mass is 408 g/mol. The van der Waals surface area contributed by atoms with E-state index in [1.807, 2.05) is 47.8 Å². The number of aromatic nitrogens is 1. The maximum atomic E-state index is 12.2. The zero-order chi connectivity index (χ0) is 20.1. The Morgan fingerprint density at radius 1 is 1.21 bits per heavy atom. The van der Waals surface area contributed by atoms with E-state index in [0.29, 0.717) is 23.2 Å². The minimum atomic E-state index is -0.244. The number of benzene rings is 2. The van der Waals surface area contributed by atoms with Gasteiger partial charge >= 0.3 is 0 Å². The number of ether oxygens (including phenoxy) is 3. The molecule has 2 aromatic carbocycles. The summed E-state index contributed by atoms with van der Waals surface area (Å²) in [6.07, 6.45) is 4.17. The van der Waals surface area contributed by atoms with Crippen molar-refractivity contribution in [1.82, 2.24) is 4.98 Å². The van der Waals surface area contributed by atoms with Crippen LogP contribution in [-0.2, 0) is 4.79 Å². The SMILES string of the molecule is CCCOc1ccc(-c2csc(NC(=O)/C=C/c3ccc4c(c3)OCO4)n2)cc1. The summed E-state index contributed by atoms with van der Waals surface area (Å²) in [4.78, 5) is 16.7. The fraction of sp³-hybridized carbons (Fsp3) is 0.182. The van der Waals surface area contributed by atoms with Crippen molar-refractivity contribution in [2.45, 2.75) is 13.3 Å². The van der Waals surface area contributed by atoms with Gasteiger partial charge in [0, 0.05) is 17.0 Å². The first-order valence-electron chi connectivity index (χ1n) is 9.29. The number of nitrogens with zero attached hydrogens (tertiary/aromatic N) is 1. The number of fused-ring (bicyclic) bond motifs is 1. The number of carbonyl (C=O) groups is 1. The minimum Gasteiger partial charge on any atom is -0.494 e. The molecule has 3 aromatic rings. The van der Waals surface area contributed by atoms with Crippen LogP contribution < -0.4 is 19.5 Å². The number of hydrogen-bond acceptors (Lipinski definition) is 6. The molecule has 1 N–H and O–H groups in total. The summed E-state index contributed by atoms with van der Waals surface area (Å²) in [5.74, 6) is 2.00. The van der Waals surface area contributed by atoms with Gasteiger partial charge in [0.05, 0.1) is 12.3 Å². The molecule has 0 fully saturated rings. The molecule has 4 rings (SSSR count). The molecule has 7 heteroatoms. The van der Waals surface area contributed by atoms with Gasteiger partial charge in [-0.3, -0.25) is 10.1 Å². The van der Waals surface area contributed by atoms with E-state index in [1.54, 1.807) is 6.08 Å². The smallest absolute Gasteiger partial charge is 0.250 e. The van der Waals surface area contributed by atoms with E-state index in [-0.39, 0.29) is 12.7 Å². The van der Waals surface area contributed by atoms with E-state index in [4.69, 9.17) is 14.2 Å². The van der Waals surface area contributed by atoms with Gasteiger partial charge in [-0.25, -0.2) is 4.98 Å². The third kappa shape index (κ3) is 4.75. The van der Waals surface area contributed by atoms with Crippen LogP contribution in [0.15, 0.2) is 53.9 Å². The van der Waals surface area contributed by atoms with E-state index in [0.717, 1.165) is 29.0 Å². The Morgan fingerprint density at radius 2 is 2.03 bits per heavy atom. The van der Waals surface area contributed by atoms with Crippen molar-refractivity contribution in [2.75, 3.05) is 18.7 Å². The normalized spacial score (nSPS) is 12.3. The van der Waals surface area contributed by atoms with Gasteiger partial charge in [0.2, 0.25) is 12.7 Å². The Balaban J connectivity index is 1.36. The Kier molecular flexibility index (Phi) is 5.76. The maximum Gasteiger partial charge on any atom is 0.250 e. The van der Waals surface area contributed by atoms with Crippen LogP contribution in [0.1, 0.15) is 18.9 Å². The van der Waals surface area contributed by atoms with E-state index >= 15 is 0 Å². The van der Waals surface area contributed by atoms with Gasteiger partial charge in [-0.2, -0.15) is 0 Å². The number of carbonyl (C=O) groups excluding carboxylic acids is 1. The first-order valence-corrected chi connectivity index (χ1v) is 10.2. The topological polar surface area (TPSA) is 69.7 Å². The average molecular weight is 408 g/mol. The van der Waals surface area contributed by atoms with Crippen molar-refractivity contribution in [3.8, 4) is 28.5 Å². The second-order valence-electron chi connectivity index (χ2n) is 6.35. The number of rotatable bonds is 7. The number of thiazole rings is 1. The van der Waals surface area contributed by atoms with Crippen molar-refractivity contribution in [1.29, 1.82) is 0 Å². The number of amides is 1. The summed E-state index contributed by atoms with van der Waals surface area (Å²) in [7, 11) is 0. The first kappa shape index (κ1) is 19.0. The summed E-state index contributed by atoms with van der Waals surface area (Å²) < 4.78 is 16.2. The molecule has 1 amide bonds. The Labute approximate surface area is 172 Å². The van der Waals surface area contributed by atoms with E-state index in [1.165, 1.54) is 17.4 Å². The molecule has 6 nitrogen and oxygen atoms in total. The molecule has 0 atom stereocenters. The third-order valence-electron chi connectivity index (χ3n) is 4.18. The summed E-state index contributed by atoms with van der Waals surface area (Å²) in [6, 6.07) is 13.3. The van der Waals surface area contributed by atoms with E-state index in [9.17, 15) is 4.79 Å². The Hall–Kier alpha value is -3.32. The van der Waals surface area contributed by atoms with Crippen LogP contribution in [0.4, 0.5) is 5.13 Å². The highest BCUT2D eigenvalue weighted by Crippen LogP contribution is 2.33. The molecular formula is C22H20N2O4S. The van der Waals surface area contributed by atoms with Crippen molar-refractivity contribution < 1.29 is 19.0 Å². The second-order valence-corrected chi connectivity index (χ2v) is 7.20. The van der Waals surface area contributed by atoms with Gasteiger partial charge in [0.15, 0.2) is 16.6 Å². The summed E-state index contributed by atoms with van der Waals surface area (Å²) in [6.45, 7) is 3.00. The molecule has 1 aliphatic rings. The van der Waals surface area contributed by atoms with Crippen LogP contribution in [0.5, 0.6) is 17.2 Å². The van der Waals surface area contributed by atoms with Gasteiger partial charge in [-0.1, -0.05) is 13.0 Å². The molecule has 0 spiro atoms. The van der Waals surface area contributed by atoms with Crippen molar-refractivity contribution in [3.05, 3.63) is 59.5 Å².